The molecule has 0 radical (unpaired) electrons. The highest BCUT2D eigenvalue weighted by Crippen LogP contribution is 2.48. The van der Waals surface area contributed by atoms with Crippen LogP contribution in [0.25, 0.3) is 0 Å². The SMILES string of the molecule is CCC(CN)C1CCN(C(=O)C(O)(c2ccccc2)C2CCC(F)(F)C2)CC1. The Bertz CT molecular complexity index is 658. The fourth-order valence-corrected chi connectivity index (χ4v) is 5.04. The van der Waals surface area contributed by atoms with Crippen LogP contribution in [0.2, 0.25) is 0 Å². The topological polar surface area (TPSA) is 66.6 Å². The molecule has 2 aliphatic rings. The number of nitrogens with two attached hydrogens (primary N) is 1. The minimum absolute atomic E-state index is 0.145. The number of amides is 1. The van der Waals surface area contributed by atoms with Gasteiger partial charge in [0, 0.05) is 31.8 Å². The van der Waals surface area contributed by atoms with Crippen molar-refractivity contribution in [1.82, 2.24) is 4.90 Å². The van der Waals surface area contributed by atoms with Crippen molar-refractivity contribution in [2.24, 2.45) is 23.5 Å². The standard InChI is InChI=1S/C22H32F2N2O2/c1-2-16(15-25)17-9-12-26(13-10-17)20(27)22(28,18-6-4-3-5-7-18)19-8-11-21(23,24)14-19/h3-7,16-17,19,28H,2,8-15,25H2,1H3. The summed E-state index contributed by atoms with van der Waals surface area (Å²) in [5, 5.41) is 11.6. The fourth-order valence-electron chi connectivity index (χ4n) is 5.04. The Labute approximate surface area is 166 Å². The lowest BCUT2D eigenvalue weighted by atomic mass is 9.77. The van der Waals surface area contributed by atoms with E-state index in [2.05, 4.69) is 6.92 Å². The van der Waals surface area contributed by atoms with Gasteiger partial charge in [-0.3, -0.25) is 4.79 Å². The Morgan fingerprint density at radius 3 is 2.43 bits per heavy atom. The van der Waals surface area contributed by atoms with Gasteiger partial charge in [0.25, 0.3) is 5.91 Å². The lowest BCUT2D eigenvalue weighted by Crippen LogP contribution is -2.53. The molecule has 3 atom stereocenters. The largest absolute Gasteiger partial charge is 0.375 e. The summed E-state index contributed by atoms with van der Waals surface area (Å²) in [5.74, 6) is -3.11. The molecule has 3 rings (SSSR count). The van der Waals surface area contributed by atoms with Gasteiger partial charge in [0.15, 0.2) is 5.60 Å². The minimum Gasteiger partial charge on any atom is -0.375 e. The second-order valence-electron chi connectivity index (χ2n) is 8.46. The van der Waals surface area contributed by atoms with Crippen molar-refractivity contribution in [3.05, 3.63) is 35.9 Å². The second-order valence-corrected chi connectivity index (χ2v) is 8.46. The van der Waals surface area contributed by atoms with Crippen molar-refractivity contribution in [3.63, 3.8) is 0 Å². The van der Waals surface area contributed by atoms with Crippen LogP contribution in [0.1, 0.15) is 51.0 Å². The number of nitrogens with zero attached hydrogens (tertiary/aromatic N) is 1. The summed E-state index contributed by atoms with van der Waals surface area (Å²) in [7, 11) is 0. The molecule has 0 spiro atoms. The van der Waals surface area contributed by atoms with Crippen LogP contribution >= 0.6 is 0 Å². The van der Waals surface area contributed by atoms with E-state index >= 15 is 0 Å². The van der Waals surface area contributed by atoms with E-state index in [9.17, 15) is 18.7 Å². The van der Waals surface area contributed by atoms with E-state index in [0.29, 0.717) is 37.0 Å². The van der Waals surface area contributed by atoms with Crippen molar-refractivity contribution in [2.45, 2.75) is 57.0 Å². The Balaban J connectivity index is 1.81. The number of aliphatic hydroxyl groups is 1. The van der Waals surface area contributed by atoms with E-state index in [1.807, 2.05) is 0 Å². The molecule has 1 heterocycles. The van der Waals surface area contributed by atoms with Crippen molar-refractivity contribution >= 4 is 5.91 Å². The zero-order chi connectivity index (χ0) is 20.4. The molecule has 28 heavy (non-hydrogen) atoms. The molecule has 1 aliphatic carbocycles. The van der Waals surface area contributed by atoms with Crippen molar-refractivity contribution in [3.8, 4) is 0 Å². The maximum absolute atomic E-state index is 13.9. The monoisotopic (exact) mass is 394 g/mol. The van der Waals surface area contributed by atoms with Crippen LogP contribution in [0, 0.1) is 17.8 Å². The number of carbonyl (C=O) groups excluding carboxylic acids is 1. The molecule has 3 N–H and O–H groups in total. The molecule has 2 fully saturated rings. The van der Waals surface area contributed by atoms with Crippen LogP contribution in [0.15, 0.2) is 30.3 Å². The maximum atomic E-state index is 13.9. The van der Waals surface area contributed by atoms with Crippen LogP contribution in [0.4, 0.5) is 8.78 Å². The fraction of sp³-hybridized carbons (Fsp3) is 0.682. The van der Waals surface area contributed by atoms with Gasteiger partial charge < -0.3 is 15.7 Å². The van der Waals surface area contributed by atoms with Gasteiger partial charge in [-0.05, 0) is 43.2 Å². The summed E-state index contributed by atoms with van der Waals surface area (Å²) < 4.78 is 27.8. The first-order chi connectivity index (χ1) is 13.3. The van der Waals surface area contributed by atoms with Crippen LogP contribution in [-0.2, 0) is 10.4 Å². The number of hydrogen-bond donors (Lipinski definition) is 2. The normalized spacial score (nSPS) is 26.0. The van der Waals surface area contributed by atoms with Crippen molar-refractivity contribution < 1.29 is 18.7 Å². The van der Waals surface area contributed by atoms with E-state index in [-0.39, 0.29) is 12.8 Å². The van der Waals surface area contributed by atoms with E-state index < -0.39 is 29.8 Å². The molecule has 1 saturated heterocycles. The highest BCUT2D eigenvalue weighted by atomic mass is 19.3. The van der Waals surface area contributed by atoms with Crippen LogP contribution in [0.5, 0.6) is 0 Å². The average molecular weight is 395 g/mol. The van der Waals surface area contributed by atoms with Gasteiger partial charge in [0.1, 0.15) is 0 Å². The molecule has 156 valence electrons. The Morgan fingerprint density at radius 2 is 1.93 bits per heavy atom. The summed E-state index contributed by atoms with van der Waals surface area (Å²) in [5.41, 5.74) is 4.39. The Morgan fingerprint density at radius 1 is 1.29 bits per heavy atom. The van der Waals surface area contributed by atoms with E-state index in [0.717, 1.165) is 19.3 Å². The third-order valence-electron chi connectivity index (χ3n) is 6.85. The van der Waals surface area contributed by atoms with Crippen molar-refractivity contribution in [2.75, 3.05) is 19.6 Å². The first-order valence-electron chi connectivity index (χ1n) is 10.5. The highest BCUT2D eigenvalue weighted by molar-refractivity contribution is 5.87. The summed E-state index contributed by atoms with van der Waals surface area (Å²) in [6, 6.07) is 8.60. The minimum atomic E-state index is -2.82. The number of likely N-dealkylation sites (tertiary alicyclic amines) is 1. The van der Waals surface area contributed by atoms with Gasteiger partial charge in [-0.2, -0.15) is 0 Å². The molecule has 1 amide bonds. The number of benzene rings is 1. The molecule has 0 bridgehead atoms. The molecular formula is C22H32F2N2O2. The molecule has 3 unspecified atom stereocenters. The summed E-state index contributed by atoms with van der Waals surface area (Å²) >= 11 is 0. The second kappa shape index (κ2) is 8.46. The molecule has 6 heteroatoms. The van der Waals surface area contributed by atoms with Crippen LogP contribution in [-0.4, -0.2) is 41.5 Å². The number of alkyl halides is 2. The first kappa shape index (κ1) is 21.2. The van der Waals surface area contributed by atoms with E-state index in [1.165, 1.54) is 0 Å². The number of halogens is 2. The number of carbonyl (C=O) groups is 1. The van der Waals surface area contributed by atoms with Gasteiger partial charge in [0.05, 0.1) is 0 Å². The number of piperidine rings is 1. The zero-order valence-corrected chi connectivity index (χ0v) is 16.6. The average Bonchev–Trinajstić information content (AvgIpc) is 3.09. The molecule has 1 saturated carbocycles. The summed E-state index contributed by atoms with van der Waals surface area (Å²) in [4.78, 5) is 15.1. The molecule has 0 aromatic heterocycles. The lowest BCUT2D eigenvalue weighted by Gasteiger charge is -2.41. The Hall–Kier alpha value is -1.53. The predicted molar refractivity (Wildman–Crippen MR) is 105 cm³/mol. The maximum Gasteiger partial charge on any atom is 0.259 e. The molecular weight excluding hydrogens is 362 g/mol. The predicted octanol–water partition coefficient (Wildman–Crippen LogP) is 3.53. The summed E-state index contributed by atoms with van der Waals surface area (Å²) in [6.45, 7) is 3.85. The van der Waals surface area contributed by atoms with Gasteiger partial charge in [0.2, 0.25) is 5.92 Å². The zero-order valence-electron chi connectivity index (χ0n) is 16.6. The molecule has 1 aliphatic heterocycles. The first-order valence-corrected chi connectivity index (χ1v) is 10.5. The van der Waals surface area contributed by atoms with Gasteiger partial charge >= 0.3 is 0 Å². The van der Waals surface area contributed by atoms with Gasteiger partial charge in [-0.25, -0.2) is 8.78 Å². The highest BCUT2D eigenvalue weighted by Gasteiger charge is 2.54. The van der Waals surface area contributed by atoms with E-state index in [4.69, 9.17) is 5.73 Å². The quantitative estimate of drug-likeness (QED) is 0.776. The third-order valence-corrected chi connectivity index (χ3v) is 6.85. The van der Waals surface area contributed by atoms with Crippen LogP contribution in [0.3, 0.4) is 0 Å². The van der Waals surface area contributed by atoms with Gasteiger partial charge in [-0.1, -0.05) is 43.7 Å². The number of rotatable bonds is 6. The van der Waals surface area contributed by atoms with Gasteiger partial charge in [-0.15, -0.1) is 0 Å². The lowest BCUT2D eigenvalue weighted by molar-refractivity contribution is -0.162. The summed E-state index contributed by atoms with van der Waals surface area (Å²) in [6.07, 6.45) is 2.11. The van der Waals surface area contributed by atoms with Crippen molar-refractivity contribution in [1.29, 1.82) is 0 Å². The Kier molecular flexibility index (Phi) is 6.40. The van der Waals surface area contributed by atoms with E-state index in [1.54, 1.807) is 35.2 Å². The molecule has 1 aromatic rings. The smallest absolute Gasteiger partial charge is 0.259 e. The van der Waals surface area contributed by atoms with Crippen LogP contribution < -0.4 is 5.73 Å². The third kappa shape index (κ3) is 4.08. The molecule has 1 aromatic carbocycles. The number of hydrogen-bond acceptors (Lipinski definition) is 3. The molecule has 4 nitrogen and oxygen atoms in total.